The summed E-state index contributed by atoms with van der Waals surface area (Å²) in [6, 6.07) is 6.96. The molecule has 35 heteroatoms. The van der Waals surface area contributed by atoms with Crippen LogP contribution in [0.15, 0.2) is 99.0 Å². The van der Waals surface area contributed by atoms with Gasteiger partial charge in [-0.1, -0.05) is 71.2 Å². The molecule has 0 aromatic carbocycles. The van der Waals surface area contributed by atoms with Gasteiger partial charge in [-0.2, -0.15) is 5.70 Å². The van der Waals surface area contributed by atoms with Gasteiger partial charge in [0.2, 0.25) is 5.91 Å². The molecular formula is C100H127CoN14O20. The van der Waals surface area contributed by atoms with Crippen LogP contribution in [0.5, 0.6) is 0 Å². The number of aryl methyl sites for hydroxylation is 4. The molecule has 7 aliphatic heterocycles. The number of methoxy groups -OCH3 is 6. The Hall–Kier alpha value is -12.2. The first-order valence-electron chi connectivity index (χ1n) is 45.1. The molecule has 1 amide bonds. The van der Waals surface area contributed by atoms with E-state index in [0.717, 1.165) is 78.0 Å². The Morgan fingerprint density at radius 2 is 1.13 bits per heavy atom. The number of aliphatic carboxylic acids is 1. The zero-order chi connectivity index (χ0) is 98.5. The van der Waals surface area contributed by atoms with Crippen molar-refractivity contribution in [2.75, 3.05) is 95.5 Å². The minimum Gasteiger partial charge on any atom is -0.682 e. The van der Waals surface area contributed by atoms with Gasteiger partial charge in [-0.25, -0.2) is 14.6 Å². The molecule has 11 heterocycles. The predicted octanol–water partition coefficient (Wildman–Crippen LogP) is 14.7. The van der Waals surface area contributed by atoms with Crippen molar-refractivity contribution >= 4 is 121 Å². The zero-order valence-corrected chi connectivity index (χ0v) is 81.8. The van der Waals surface area contributed by atoms with Gasteiger partial charge in [0.1, 0.15) is 6.61 Å². The van der Waals surface area contributed by atoms with Gasteiger partial charge in [-0.15, -0.1) is 5.10 Å². The second kappa shape index (κ2) is 47.8. The van der Waals surface area contributed by atoms with Crippen molar-refractivity contribution < 1.29 is 112 Å². The van der Waals surface area contributed by atoms with Gasteiger partial charge in [-0.3, -0.25) is 58.1 Å². The van der Waals surface area contributed by atoms with Gasteiger partial charge in [-0.05, 0) is 186 Å². The van der Waals surface area contributed by atoms with Gasteiger partial charge in [0.05, 0.1) is 135 Å². The predicted molar refractivity (Wildman–Crippen MR) is 502 cm³/mol. The van der Waals surface area contributed by atoms with Crippen molar-refractivity contribution in [2.24, 2.45) is 60.3 Å². The summed E-state index contributed by atoms with van der Waals surface area (Å²) >= 11 is 0. The van der Waals surface area contributed by atoms with Gasteiger partial charge in [0.25, 0.3) is 0 Å². The number of carbonyl (C=O) groups is 9. The molecule has 726 valence electrons. The van der Waals surface area contributed by atoms with E-state index in [0.29, 0.717) is 108 Å². The fourth-order valence-electron chi connectivity index (χ4n) is 20.1. The Kier molecular flexibility index (Phi) is 38.3. The molecule has 0 saturated carbocycles. The molecule has 16 bridgehead atoms. The van der Waals surface area contributed by atoms with Gasteiger partial charge >= 0.3 is 64.5 Å². The summed E-state index contributed by atoms with van der Waals surface area (Å²) in [5, 5.41) is 40.0. The monoisotopic (exact) mass is 1900 g/mol. The number of nitrogens with one attached hydrogen (secondary N) is 3. The summed E-state index contributed by atoms with van der Waals surface area (Å²) in [7, 11) is 7.86. The zero-order valence-electron chi connectivity index (χ0n) is 80.8. The number of nitrogens with zero attached hydrogens (tertiary/aromatic N) is 11. The quantitative estimate of drug-likeness (QED) is 0.0138. The van der Waals surface area contributed by atoms with E-state index in [1.54, 1.807) is 10.8 Å². The fraction of sp³-hybridized carbons (Fsp3) is 0.540. The number of ether oxygens (including phenoxy) is 10. The number of carboxylic acid groups (broad SMARTS) is 1. The molecule has 135 heavy (non-hydrogen) atoms. The molecule has 0 spiro atoms. The minimum atomic E-state index is -1.45. The van der Waals surface area contributed by atoms with Crippen LogP contribution in [-0.2, 0) is 127 Å². The second-order valence-corrected chi connectivity index (χ2v) is 35.9. The number of carboxylic acids is 1. The minimum absolute atomic E-state index is 0. The molecule has 34 nitrogen and oxygen atoms in total. The first-order chi connectivity index (χ1) is 63.9. The van der Waals surface area contributed by atoms with E-state index in [-0.39, 0.29) is 146 Å². The number of H-pyrrole nitrogens is 2. The van der Waals surface area contributed by atoms with Crippen LogP contribution in [0.25, 0.3) is 55.8 Å². The average molecular weight is 1900 g/mol. The smallest absolute Gasteiger partial charge is 0.682 e. The maximum atomic E-state index is 15.1. The molecule has 0 radical (unpaired) electrons. The van der Waals surface area contributed by atoms with Crippen LogP contribution < -0.4 is 5.32 Å². The van der Waals surface area contributed by atoms with E-state index in [4.69, 9.17) is 101 Å². The van der Waals surface area contributed by atoms with Gasteiger partial charge in [0.15, 0.2) is 0 Å². The molecular weight excluding hydrogens is 1780 g/mol. The van der Waals surface area contributed by atoms with Crippen LogP contribution in [-0.4, -0.2) is 218 Å². The number of fused-ring (bicyclic) bond motifs is 14. The fourth-order valence-corrected chi connectivity index (χ4v) is 20.1. The first-order valence-corrected chi connectivity index (χ1v) is 45.1. The normalized spacial score (nSPS) is 23.1. The van der Waals surface area contributed by atoms with Crippen molar-refractivity contribution in [3.63, 3.8) is 0 Å². The van der Waals surface area contributed by atoms with E-state index in [2.05, 4.69) is 38.8 Å². The topological polar surface area (TPSA) is 465 Å². The second-order valence-electron chi connectivity index (χ2n) is 35.9. The van der Waals surface area contributed by atoms with Crippen molar-refractivity contribution in [3.05, 3.63) is 153 Å². The summed E-state index contributed by atoms with van der Waals surface area (Å²) < 4.78 is 56.8. The molecule has 0 aliphatic carbocycles. The Labute approximate surface area is 799 Å². The summed E-state index contributed by atoms with van der Waals surface area (Å²) in [6.45, 7) is 43.7. The summed E-state index contributed by atoms with van der Waals surface area (Å²) in [4.78, 5) is 157. The van der Waals surface area contributed by atoms with Crippen LogP contribution in [0.1, 0.15) is 216 Å². The first kappa shape index (κ1) is 108. The van der Waals surface area contributed by atoms with Crippen molar-refractivity contribution in [3.8, 4) is 0 Å². The van der Waals surface area contributed by atoms with E-state index in [1.807, 2.05) is 126 Å². The van der Waals surface area contributed by atoms with Crippen LogP contribution in [0.2, 0.25) is 0 Å². The van der Waals surface area contributed by atoms with Crippen molar-refractivity contribution in [1.82, 2.24) is 40.2 Å². The van der Waals surface area contributed by atoms with Crippen molar-refractivity contribution in [1.29, 1.82) is 10.5 Å². The Balaban J connectivity index is 0.00000442. The van der Waals surface area contributed by atoms with Crippen LogP contribution in [0.3, 0.4) is 0 Å². The van der Waals surface area contributed by atoms with Crippen molar-refractivity contribution in [2.45, 2.75) is 210 Å². The third-order valence-corrected chi connectivity index (χ3v) is 27.9. The number of allylic oxidation sites excluding steroid dienone is 11. The number of aliphatic imine (C=N–C) groups is 3. The van der Waals surface area contributed by atoms with E-state index >= 15 is 4.79 Å². The van der Waals surface area contributed by atoms with Gasteiger partial charge < -0.3 is 96.7 Å². The standard InChI is InChI=1S/C98H128N12O20.2CN.Co/c1-21-62-55(3)70-47-71-57(5)64(25-30-81(112)113)76(102-71)50-77-65(58(6)73(103-77)49-75-63(22-2)56(4)72(101-75)48-74(62)100-70)26-31-86(118)130-45-44-129-43-42-128-41-40-127-39-38-110-54-61(108-109-110)24-23-37-99-80(111)52-96(12)66(27-32-82(114)121-15)78-51-79-94(9,10)67(28-33-83(115)122-16)89(105-79)59(7)91-95(11,36-35-85(117)124-18)69(46-87(119)125-19)93(106-91)98(14)97(13,53-88(120)126-20)68(29-34-84(116)123-17)90(107-98)60(8)92(96)104-78;2*1-2;/h21-22,47-51,54,66-69,93H,1-2,23-46,52-53H2,3-20H3,(H5,99,100,101,102,103,104,105,106,107,108,109,111,112,113);;;/q;2*-1;+3/p-1/t66-,67-,68-,69+,93?,95-,96+,97+,98+;;;/m1.../s1. The van der Waals surface area contributed by atoms with Crippen LogP contribution in [0.4, 0.5) is 0 Å². The number of hydrogen-bond acceptors (Lipinski definition) is 28. The molecule has 9 atom stereocenters. The maximum Gasteiger partial charge on any atom is 3.00 e. The molecule has 4 N–H and O–H groups in total. The van der Waals surface area contributed by atoms with E-state index in [9.17, 15) is 43.5 Å². The molecule has 11 rings (SSSR count). The largest absolute Gasteiger partial charge is 3.00 e. The van der Waals surface area contributed by atoms with E-state index < -0.39 is 105 Å². The number of hydrogen-bond donors (Lipinski definition) is 4. The number of rotatable bonds is 42. The maximum absolute atomic E-state index is 15.1. The Morgan fingerprint density at radius 3 is 1.74 bits per heavy atom. The summed E-state index contributed by atoms with van der Waals surface area (Å²) in [5.74, 6) is -7.35. The number of amides is 1. The SMILES string of the molecule is C=CC1=C(C)c2cc3[nH]c(cc4nc(cc5[nH]c(cc1n2)c(C)c5CCC(=O)OCCOCCOCCOCCn1cc(CCCNC(=O)C[C@]2(C)/C5=C(\C)C6=N[C@@](C)(C7[N-]/C(=C(/C)C8=N/C(=C\C(=N5)[C@H]2CCC(=O)OC)C(C)(C)[C@@H]8CCC(=O)OC)[C@](C)(CCC(=O)OC)[C@H]7CC(=O)OC)[C@@](C)(CC(=O)OC)[C@@H]6CCC(=O)OC)nn1)C(CCC(=O)O)=C4C)c(C)c3C=C.[C-]#N.[C-]#N.[Co+3]. The molecule has 4 aromatic heterocycles. The molecule has 1 fully saturated rings. The molecule has 4 aromatic rings. The number of aromatic nitrogens is 7. The number of aromatic amines is 2. The van der Waals surface area contributed by atoms with E-state index in [1.165, 1.54) is 42.7 Å². The van der Waals surface area contributed by atoms with Crippen LogP contribution >= 0.6 is 0 Å². The number of esters is 7. The molecule has 1 saturated heterocycles. The summed E-state index contributed by atoms with van der Waals surface area (Å²) in [6.07, 6.45) is 8.83. The summed E-state index contributed by atoms with van der Waals surface area (Å²) in [5.41, 5.74) is 12.4. The van der Waals surface area contributed by atoms with Gasteiger partial charge in [0, 0.05) is 154 Å². The third kappa shape index (κ3) is 24.0. The Bertz CT molecular complexity index is 5650. The molecule has 7 aliphatic rings. The Morgan fingerprint density at radius 1 is 0.570 bits per heavy atom. The molecule has 1 unspecified atom stereocenters. The average Bonchev–Trinajstić information content (AvgIpc) is 1.52. The van der Waals surface area contributed by atoms with Crippen LogP contribution in [0, 0.1) is 82.8 Å². The third-order valence-electron chi connectivity index (χ3n) is 27.9. The number of carbonyl (C=O) groups excluding carboxylic acids is 8.